The topological polar surface area (TPSA) is 63.8 Å². The average molecular weight is 310 g/mol. The molecule has 0 saturated carbocycles. The van der Waals surface area contributed by atoms with Crippen molar-refractivity contribution in [3.63, 3.8) is 0 Å². The molecule has 5 nitrogen and oxygen atoms in total. The molecule has 0 saturated heterocycles. The van der Waals surface area contributed by atoms with Crippen LogP contribution in [-0.2, 0) is 17.8 Å². The summed E-state index contributed by atoms with van der Waals surface area (Å²) in [6.45, 7) is 4.30. The minimum absolute atomic E-state index is 0.0611. The van der Waals surface area contributed by atoms with Gasteiger partial charge in [-0.15, -0.1) is 0 Å². The van der Waals surface area contributed by atoms with E-state index < -0.39 is 5.97 Å². The fraction of sp³-hybridized carbons (Fsp3) is 0.222. The zero-order valence-electron chi connectivity index (χ0n) is 13.1. The van der Waals surface area contributed by atoms with E-state index >= 15 is 0 Å². The largest absolute Gasteiger partial charge is 0.485 e. The fourth-order valence-electron chi connectivity index (χ4n) is 2.52. The summed E-state index contributed by atoms with van der Waals surface area (Å²) in [6, 6.07) is 11.8. The monoisotopic (exact) mass is 310 g/mol. The van der Waals surface area contributed by atoms with Gasteiger partial charge in [-0.05, 0) is 31.5 Å². The molecule has 0 unspecified atom stereocenters. The van der Waals surface area contributed by atoms with Crippen molar-refractivity contribution >= 4 is 11.6 Å². The van der Waals surface area contributed by atoms with Gasteiger partial charge in [0.2, 0.25) is 0 Å². The lowest BCUT2D eigenvalue weighted by Gasteiger charge is -2.08. The third-order valence-corrected chi connectivity index (χ3v) is 3.75. The first-order valence-electron chi connectivity index (χ1n) is 7.41. The molecule has 0 fully saturated rings. The molecule has 3 aromatic rings. The van der Waals surface area contributed by atoms with Crippen molar-refractivity contribution in [1.29, 1.82) is 0 Å². The molecule has 0 radical (unpaired) electrons. The Morgan fingerprint density at radius 1 is 1.22 bits per heavy atom. The molecule has 0 aliphatic rings. The maximum Gasteiger partial charge on any atom is 0.309 e. The Morgan fingerprint density at radius 3 is 2.65 bits per heavy atom. The van der Waals surface area contributed by atoms with E-state index in [4.69, 9.17) is 9.84 Å². The highest BCUT2D eigenvalue weighted by molar-refractivity contribution is 5.71. The number of carbonyl (C=O) groups is 1. The summed E-state index contributed by atoms with van der Waals surface area (Å²) < 4.78 is 7.67. The number of rotatable bonds is 5. The molecule has 0 spiro atoms. The molecule has 0 aliphatic carbocycles. The van der Waals surface area contributed by atoms with Crippen LogP contribution in [0.2, 0.25) is 0 Å². The van der Waals surface area contributed by atoms with Gasteiger partial charge in [-0.2, -0.15) is 0 Å². The first kappa shape index (κ1) is 15.1. The van der Waals surface area contributed by atoms with Crippen LogP contribution in [0.5, 0.6) is 5.75 Å². The minimum Gasteiger partial charge on any atom is -0.485 e. The van der Waals surface area contributed by atoms with E-state index in [0.717, 1.165) is 5.56 Å². The van der Waals surface area contributed by atoms with Crippen molar-refractivity contribution in [1.82, 2.24) is 9.38 Å². The number of ether oxygens (including phenoxy) is 1. The lowest BCUT2D eigenvalue weighted by Crippen LogP contribution is -2.05. The van der Waals surface area contributed by atoms with Crippen molar-refractivity contribution in [3.8, 4) is 5.75 Å². The van der Waals surface area contributed by atoms with E-state index in [0.29, 0.717) is 29.4 Å². The Morgan fingerprint density at radius 2 is 1.96 bits per heavy atom. The van der Waals surface area contributed by atoms with E-state index in [9.17, 15) is 4.79 Å². The summed E-state index contributed by atoms with van der Waals surface area (Å²) in [5.74, 6) is -0.228. The predicted molar refractivity (Wildman–Crippen MR) is 86.8 cm³/mol. The van der Waals surface area contributed by atoms with Crippen LogP contribution in [-0.4, -0.2) is 20.5 Å². The molecule has 0 atom stereocenters. The molecular formula is C18H18N2O3. The number of carboxylic acid groups (broad SMARTS) is 1. The quantitative estimate of drug-likeness (QED) is 0.786. The van der Waals surface area contributed by atoms with Gasteiger partial charge in [-0.1, -0.05) is 29.8 Å². The molecule has 23 heavy (non-hydrogen) atoms. The summed E-state index contributed by atoms with van der Waals surface area (Å²) in [5.41, 5.74) is 4.31. The van der Waals surface area contributed by atoms with Gasteiger partial charge < -0.3 is 14.2 Å². The second kappa shape index (κ2) is 6.12. The molecule has 0 bridgehead atoms. The molecule has 118 valence electrons. The van der Waals surface area contributed by atoms with Gasteiger partial charge in [-0.25, -0.2) is 4.98 Å². The van der Waals surface area contributed by atoms with Crippen LogP contribution < -0.4 is 4.74 Å². The highest BCUT2D eigenvalue weighted by atomic mass is 16.5. The standard InChI is InChI=1S/C18H18N2O3/c1-12-5-7-14(8-6-12)11-23-16-4-3-9-20-15(10-17(21)22)13(2)19-18(16)20/h3-9H,10-11H2,1-2H3,(H,21,22). The van der Waals surface area contributed by atoms with Crippen molar-refractivity contribution in [3.05, 3.63) is 65.1 Å². The van der Waals surface area contributed by atoms with E-state index in [1.54, 1.807) is 4.40 Å². The summed E-state index contributed by atoms with van der Waals surface area (Å²) in [4.78, 5) is 15.5. The summed E-state index contributed by atoms with van der Waals surface area (Å²) in [6.07, 6.45) is 1.75. The van der Waals surface area contributed by atoms with Crippen molar-refractivity contribution in [2.24, 2.45) is 0 Å². The number of nitrogens with zero attached hydrogens (tertiary/aromatic N) is 2. The van der Waals surface area contributed by atoms with Gasteiger partial charge in [0.25, 0.3) is 0 Å². The zero-order chi connectivity index (χ0) is 16.4. The maximum absolute atomic E-state index is 11.0. The van der Waals surface area contributed by atoms with Gasteiger partial charge in [0.15, 0.2) is 11.4 Å². The summed E-state index contributed by atoms with van der Waals surface area (Å²) in [7, 11) is 0. The third-order valence-electron chi connectivity index (χ3n) is 3.75. The average Bonchev–Trinajstić information content (AvgIpc) is 2.83. The normalized spacial score (nSPS) is 10.9. The van der Waals surface area contributed by atoms with Gasteiger partial charge in [0, 0.05) is 6.20 Å². The van der Waals surface area contributed by atoms with Crippen LogP contribution in [0.3, 0.4) is 0 Å². The van der Waals surface area contributed by atoms with Crippen molar-refractivity contribution in [2.75, 3.05) is 0 Å². The molecule has 0 aliphatic heterocycles. The summed E-state index contributed by atoms with van der Waals surface area (Å²) in [5, 5.41) is 9.04. The number of aryl methyl sites for hydroxylation is 2. The highest BCUT2D eigenvalue weighted by Gasteiger charge is 2.14. The molecule has 0 amide bonds. The van der Waals surface area contributed by atoms with Crippen LogP contribution in [0.25, 0.3) is 5.65 Å². The van der Waals surface area contributed by atoms with Gasteiger partial charge in [0.05, 0.1) is 17.8 Å². The molecule has 1 aromatic carbocycles. The SMILES string of the molecule is Cc1ccc(COc2cccn3c(CC(=O)O)c(C)nc23)cc1. The van der Waals surface area contributed by atoms with Gasteiger partial charge in [-0.3, -0.25) is 4.79 Å². The zero-order valence-corrected chi connectivity index (χ0v) is 13.1. The second-order valence-corrected chi connectivity index (χ2v) is 5.55. The number of benzene rings is 1. The number of pyridine rings is 1. The maximum atomic E-state index is 11.0. The molecule has 5 heteroatoms. The lowest BCUT2D eigenvalue weighted by molar-refractivity contribution is -0.136. The van der Waals surface area contributed by atoms with Gasteiger partial charge >= 0.3 is 5.97 Å². The number of fused-ring (bicyclic) bond motifs is 1. The van der Waals surface area contributed by atoms with Crippen LogP contribution in [0.1, 0.15) is 22.5 Å². The predicted octanol–water partition coefficient (Wildman–Crippen LogP) is 3.16. The van der Waals surface area contributed by atoms with E-state index in [1.165, 1.54) is 5.56 Å². The Balaban J connectivity index is 1.89. The second-order valence-electron chi connectivity index (χ2n) is 5.55. The van der Waals surface area contributed by atoms with E-state index in [-0.39, 0.29) is 6.42 Å². The Kier molecular flexibility index (Phi) is 4.02. The van der Waals surface area contributed by atoms with Crippen LogP contribution in [0.15, 0.2) is 42.6 Å². The van der Waals surface area contributed by atoms with Crippen molar-refractivity contribution in [2.45, 2.75) is 26.9 Å². The minimum atomic E-state index is -0.874. The number of hydrogen-bond acceptors (Lipinski definition) is 3. The first-order valence-corrected chi connectivity index (χ1v) is 7.41. The van der Waals surface area contributed by atoms with Gasteiger partial charge in [0.1, 0.15) is 6.61 Å². The number of carboxylic acids is 1. The molecule has 1 N–H and O–H groups in total. The van der Waals surface area contributed by atoms with Crippen LogP contribution in [0, 0.1) is 13.8 Å². The third kappa shape index (κ3) is 3.18. The highest BCUT2D eigenvalue weighted by Crippen LogP contribution is 2.23. The summed E-state index contributed by atoms with van der Waals surface area (Å²) >= 11 is 0. The van der Waals surface area contributed by atoms with Crippen molar-refractivity contribution < 1.29 is 14.6 Å². The number of imidazole rings is 1. The number of aliphatic carboxylic acids is 1. The van der Waals surface area contributed by atoms with Crippen LogP contribution >= 0.6 is 0 Å². The number of hydrogen-bond donors (Lipinski definition) is 1. The Labute approximate surface area is 134 Å². The van der Waals surface area contributed by atoms with E-state index in [1.807, 2.05) is 56.4 Å². The molecule has 2 heterocycles. The Hall–Kier alpha value is -2.82. The van der Waals surface area contributed by atoms with E-state index in [2.05, 4.69) is 4.98 Å². The lowest BCUT2D eigenvalue weighted by atomic mass is 10.2. The first-order chi connectivity index (χ1) is 11.0. The number of aromatic nitrogens is 2. The molecular weight excluding hydrogens is 292 g/mol. The fourth-order valence-corrected chi connectivity index (χ4v) is 2.52. The molecule has 2 aromatic heterocycles. The van der Waals surface area contributed by atoms with Crippen LogP contribution in [0.4, 0.5) is 0 Å². The smallest absolute Gasteiger partial charge is 0.309 e. The molecule has 3 rings (SSSR count). The Bertz CT molecular complexity index is 851.